The van der Waals surface area contributed by atoms with Crippen molar-refractivity contribution in [3.8, 4) is 0 Å². The van der Waals surface area contributed by atoms with Crippen LogP contribution in [0.4, 0.5) is 0 Å². The maximum atomic E-state index is 13.2. The lowest BCUT2D eigenvalue weighted by Gasteiger charge is -2.35. The molecule has 2 aromatic heterocycles. The van der Waals surface area contributed by atoms with Gasteiger partial charge in [0, 0.05) is 40.1 Å². The largest absolute Gasteiger partial charge is 0.465 e. The van der Waals surface area contributed by atoms with E-state index < -0.39 is 5.92 Å². The van der Waals surface area contributed by atoms with E-state index in [1.54, 1.807) is 29.6 Å². The maximum absolute atomic E-state index is 13.2. The molecule has 0 fully saturated rings. The number of rotatable bonds is 4. The zero-order valence-corrected chi connectivity index (χ0v) is 16.9. The van der Waals surface area contributed by atoms with E-state index in [9.17, 15) is 9.59 Å². The molecule has 4 rings (SSSR count). The fraction of sp³-hybridized carbons (Fsp3) is 0.381. The molecule has 3 heterocycles. The number of Topliss-reactive ketones (excluding diaryl/α,β-unsaturated/α-hetero) is 1. The third-order valence-electron chi connectivity index (χ3n) is 5.28. The molecule has 0 aromatic carbocycles. The van der Waals surface area contributed by atoms with Crippen molar-refractivity contribution in [3.05, 3.63) is 56.1 Å². The maximum Gasteiger partial charge on any atom is 0.315 e. The lowest BCUT2D eigenvalue weighted by molar-refractivity contribution is -0.146. The van der Waals surface area contributed by atoms with Crippen molar-refractivity contribution in [1.82, 2.24) is 0 Å². The number of nitrogens with zero attached hydrogens (tertiary/aromatic N) is 1. The number of carbonyl (C=O) groups is 2. The fourth-order valence-corrected chi connectivity index (χ4v) is 5.66. The van der Waals surface area contributed by atoms with Gasteiger partial charge in [0.25, 0.3) is 0 Å². The molecule has 0 spiro atoms. The average molecular weight is 400 g/mol. The predicted octanol–water partition coefficient (Wildman–Crippen LogP) is 4.95. The van der Waals surface area contributed by atoms with E-state index in [4.69, 9.17) is 9.73 Å². The first kappa shape index (κ1) is 18.3. The van der Waals surface area contributed by atoms with E-state index in [0.29, 0.717) is 18.6 Å². The van der Waals surface area contributed by atoms with Crippen LogP contribution in [0.5, 0.6) is 0 Å². The summed E-state index contributed by atoms with van der Waals surface area (Å²) in [6.45, 7) is 4.00. The summed E-state index contributed by atoms with van der Waals surface area (Å²) < 4.78 is 5.33. The first-order chi connectivity index (χ1) is 13.1. The number of esters is 1. The van der Waals surface area contributed by atoms with Crippen LogP contribution in [0.15, 0.2) is 50.6 Å². The van der Waals surface area contributed by atoms with Crippen molar-refractivity contribution in [3.63, 3.8) is 0 Å². The predicted molar refractivity (Wildman–Crippen MR) is 109 cm³/mol. The van der Waals surface area contributed by atoms with Gasteiger partial charge in [0.15, 0.2) is 5.78 Å². The van der Waals surface area contributed by atoms with E-state index >= 15 is 0 Å². The van der Waals surface area contributed by atoms with Crippen LogP contribution >= 0.6 is 22.7 Å². The smallest absolute Gasteiger partial charge is 0.315 e. The minimum atomic E-state index is -0.527. The highest BCUT2D eigenvalue weighted by molar-refractivity contribution is 7.10. The highest BCUT2D eigenvalue weighted by atomic mass is 32.1. The monoisotopic (exact) mass is 399 g/mol. The Morgan fingerprint density at radius 1 is 1.30 bits per heavy atom. The topological polar surface area (TPSA) is 55.7 Å². The van der Waals surface area contributed by atoms with Crippen molar-refractivity contribution in [2.45, 2.75) is 38.5 Å². The lowest BCUT2D eigenvalue weighted by Crippen LogP contribution is -2.37. The van der Waals surface area contributed by atoms with E-state index in [1.807, 2.05) is 35.2 Å². The number of carbonyl (C=O) groups excluding carboxylic acids is 2. The number of aliphatic imine (C=N–C) groups is 1. The van der Waals surface area contributed by atoms with Crippen molar-refractivity contribution in [1.29, 1.82) is 0 Å². The van der Waals surface area contributed by atoms with Gasteiger partial charge in [-0.1, -0.05) is 6.07 Å². The molecular formula is C21H21NO3S2. The molecule has 0 saturated carbocycles. The molecule has 3 atom stereocenters. The van der Waals surface area contributed by atoms with Crippen molar-refractivity contribution in [2.24, 2.45) is 10.9 Å². The molecule has 0 saturated heterocycles. The van der Waals surface area contributed by atoms with E-state index in [1.165, 1.54) is 4.88 Å². The summed E-state index contributed by atoms with van der Waals surface area (Å²) >= 11 is 3.26. The fourth-order valence-electron chi connectivity index (χ4n) is 4.13. The number of allylic oxidation sites excluding steroid dienone is 2. The van der Waals surface area contributed by atoms with Crippen LogP contribution in [0.3, 0.4) is 0 Å². The van der Waals surface area contributed by atoms with Crippen LogP contribution in [-0.2, 0) is 14.3 Å². The molecule has 1 aliphatic heterocycles. The molecule has 2 aromatic rings. The molecule has 0 radical (unpaired) electrons. The van der Waals surface area contributed by atoms with Gasteiger partial charge in [0.05, 0.1) is 6.61 Å². The minimum absolute atomic E-state index is 0.108. The molecule has 1 unspecified atom stereocenters. The van der Waals surface area contributed by atoms with Crippen molar-refractivity contribution < 1.29 is 14.3 Å². The van der Waals surface area contributed by atoms with Crippen LogP contribution in [0.1, 0.15) is 49.0 Å². The second-order valence-corrected chi connectivity index (χ2v) is 8.68. The van der Waals surface area contributed by atoms with Gasteiger partial charge in [-0.05, 0) is 54.1 Å². The van der Waals surface area contributed by atoms with E-state index in [0.717, 1.165) is 23.4 Å². The molecule has 1 aliphatic carbocycles. The Balaban J connectivity index is 1.78. The van der Waals surface area contributed by atoms with E-state index in [-0.39, 0.29) is 23.6 Å². The van der Waals surface area contributed by atoms with Gasteiger partial charge >= 0.3 is 5.97 Å². The Hall–Kier alpha value is -2.05. The minimum Gasteiger partial charge on any atom is -0.465 e. The van der Waals surface area contributed by atoms with Crippen LogP contribution in [0.25, 0.3) is 0 Å². The third kappa shape index (κ3) is 3.32. The van der Waals surface area contributed by atoms with E-state index in [2.05, 4.69) is 6.07 Å². The Labute approximate surface area is 166 Å². The summed E-state index contributed by atoms with van der Waals surface area (Å²) in [6, 6.07) is 6.11. The summed E-state index contributed by atoms with van der Waals surface area (Å²) in [5.41, 5.74) is 3.30. The molecule has 140 valence electrons. The number of ketones is 1. The molecule has 0 bridgehead atoms. The Bertz CT molecular complexity index is 909. The summed E-state index contributed by atoms with van der Waals surface area (Å²) in [6.07, 6.45) is 1.22. The van der Waals surface area contributed by atoms with Gasteiger partial charge in [-0.3, -0.25) is 14.6 Å². The summed E-state index contributed by atoms with van der Waals surface area (Å²) in [5, 5.41) is 6.06. The molecule has 27 heavy (non-hydrogen) atoms. The van der Waals surface area contributed by atoms with Gasteiger partial charge in [-0.15, -0.1) is 11.3 Å². The van der Waals surface area contributed by atoms with Crippen LogP contribution < -0.4 is 0 Å². The molecule has 0 amide bonds. The zero-order valence-electron chi connectivity index (χ0n) is 15.3. The van der Waals surface area contributed by atoms with Gasteiger partial charge in [-0.2, -0.15) is 11.3 Å². The summed E-state index contributed by atoms with van der Waals surface area (Å²) in [4.78, 5) is 31.9. The van der Waals surface area contributed by atoms with Crippen molar-refractivity contribution >= 4 is 40.1 Å². The van der Waals surface area contributed by atoms with Crippen LogP contribution in [-0.4, -0.2) is 24.1 Å². The van der Waals surface area contributed by atoms with Crippen LogP contribution in [0.2, 0.25) is 0 Å². The first-order valence-corrected chi connectivity index (χ1v) is 11.0. The highest BCUT2D eigenvalue weighted by Gasteiger charge is 2.44. The van der Waals surface area contributed by atoms with Gasteiger partial charge < -0.3 is 4.74 Å². The number of hydrogen-bond donors (Lipinski definition) is 0. The molecule has 4 nitrogen and oxygen atoms in total. The van der Waals surface area contributed by atoms with Crippen LogP contribution in [0, 0.1) is 5.92 Å². The summed E-state index contributed by atoms with van der Waals surface area (Å²) in [7, 11) is 0. The highest BCUT2D eigenvalue weighted by Crippen LogP contribution is 2.47. The number of thiophene rings is 2. The second kappa shape index (κ2) is 7.52. The number of hydrogen-bond acceptors (Lipinski definition) is 6. The molecule has 0 N–H and O–H groups in total. The number of ether oxygens (including phenoxy) is 1. The van der Waals surface area contributed by atoms with Gasteiger partial charge in [-0.25, -0.2) is 0 Å². The molecule has 6 heteroatoms. The second-order valence-electron chi connectivity index (χ2n) is 6.92. The van der Waals surface area contributed by atoms with Gasteiger partial charge in [0.1, 0.15) is 5.92 Å². The quantitative estimate of drug-likeness (QED) is 0.684. The Kier molecular flexibility index (Phi) is 5.10. The first-order valence-electron chi connectivity index (χ1n) is 9.13. The SMILES string of the molecule is CCOC(=O)C1C(C)=NC2=C(C(=O)C[C@H](c3cccs3)C2)[C@H]1c1ccsc1. The third-order valence-corrected chi connectivity index (χ3v) is 7.01. The zero-order chi connectivity index (χ0) is 19.0. The Morgan fingerprint density at radius 2 is 2.15 bits per heavy atom. The lowest BCUT2D eigenvalue weighted by atomic mass is 9.70. The molecule has 2 aliphatic rings. The normalized spacial score (nSPS) is 25.2. The molecular weight excluding hydrogens is 378 g/mol. The Morgan fingerprint density at radius 3 is 2.81 bits per heavy atom. The average Bonchev–Trinajstić information content (AvgIpc) is 3.34. The van der Waals surface area contributed by atoms with Crippen molar-refractivity contribution in [2.75, 3.05) is 6.61 Å². The summed E-state index contributed by atoms with van der Waals surface area (Å²) in [5.74, 6) is -0.832. The standard InChI is InChI=1S/C21H21NO3S2/c1-3-25-21(24)18-12(2)22-15-9-14(17-5-4-7-27-17)10-16(23)20(15)19(18)13-6-8-26-11-13/h4-8,11,14,18-19H,3,9-10H2,1-2H3/t14-,18?,19+/m1/s1. The van der Waals surface area contributed by atoms with Gasteiger partial charge in [0.2, 0.25) is 0 Å².